The molecule has 1 aromatic carbocycles. The molecule has 0 saturated carbocycles. The van der Waals surface area contributed by atoms with Gasteiger partial charge in [0.05, 0.1) is 16.3 Å². The summed E-state index contributed by atoms with van der Waals surface area (Å²) in [5.41, 5.74) is 5.01. The Morgan fingerprint density at radius 3 is 2.59 bits per heavy atom. The summed E-state index contributed by atoms with van der Waals surface area (Å²) in [6.07, 6.45) is 32.5. The molecule has 0 fully saturated rings. The van der Waals surface area contributed by atoms with Crippen LogP contribution in [0.3, 0.4) is 0 Å². The van der Waals surface area contributed by atoms with E-state index in [0.29, 0.717) is 40.8 Å². The van der Waals surface area contributed by atoms with Crippen LogP contribution >= 0.6 is 11.8 Å². The number of aromatic nitrogens is 2. The molecule has 0 saturated heterocycles. The van der Waals surface area contributed by atoms with E-state index in [2.05, 4.69) is 124 Å². The minimum absolute atomic E-state index is 0.0208. The highest BCUT2D eigenvalue weighted by Crippen LogP contribution is 2.56. The molecule has 2 aromatic rings. The van der Waals surface area contributed by atoms with Crippen LogP contribution in [0.2, 0.25) is 0 Å². The van der Waals surface area contributed by atoms with E-state index in [9.17, 15) is 0 Å². The molecule has 224 valence electrons. The Labute approximate surface area is 266 Å². The topological polar surface area (TPSA) is 35.0 Å². The molecular formula is C40H42N2OS. The predicted octanol–water partition coefficient (Wildman–Crippen LogP) is 9.90. The van der Waals surface area contributed by atoms with Crippen LogP contribution in [-0.2, 0) is 4.74 Å². The normalized spacial score (nSPS) is 32.7. The molecule has 8 atom stereocenters. The number of fused-ring (bicyclic) bond motifs is 5. The monoisotopic (exact) mass is 598 g/mol. The number of thioether (sulfide) groups is 1. The summed E-state index contributed by atoms with van der Waals surface area (Å²) in [6, 6.07) is 10.6. The average molecular weight is 599 g/mol. The van der Waals surface area contributed by atoms with Crippen molar-refractivity contribution in [1.82, 2.24) is 9.97 Å². The van der Waals surface area contributed by atoms with Gasteiger partial charge in [-0.15, -0.1) is 11.8 Å². The standard InChI is InChI=1S/C40H42N2OS/c1-4-25(35-38-36(31-19-11-13-21-33(31)44-38)42-39(41-35)26-14-6-5-7-15-26)24-27-16-8-9-17-28(27)34-37-30(22-23-40(34,2)3)29-18-10-12-20-32(29)43-37/h5-7,9-15,17-23,25,27-29,31-34H,4,8,16,24H2,1-3H3. The van der Waals surface area contributed by atoms with Crippen molar-refractivity contribution in [2.24, 2.45) is 29.1 Å². The summed E-state index contributed by atoms with van der Waals surface area (Å²) >= 11 is 1.98. The maximum atomic E-state index is 6.83. The van der Waals surface area contributed by atoms with E-state index < -0.39 is 0 Å². The fraction of sp³-hybridized carbons (Fsp3) is 0.400. The fourth-order valence-electron chi connectivity index (χ4n) is 8.54. The van der Waals surface area contributed by atoms with Crippen LogP contribution in [0.25, 0.3) is 11.4 Å². The van der Waals surface area contributed by atoms with Gasteiger partial charge in [-0.25, -0.2) is 9.97 Å². The number of hydrogen-bond donors (Lipinski definition) is 0. The van der Waals surface area contributed by atoms with Crippen LogP contribution in [-0.4, -0.2) is 21.3 Å². The Morgan fingerprint density at radius 2 is 1.75 bits per heavy atom. The van der Waals surface area contributed by atoms with Gasteiger partial charge in [0, 0.05) is 40.1 Å². The van der Waals surface area contributed by atoms with E-state index in [4.69, 9.17) is 14.7 Å². The molecule has 3 nitrogen and oxygen atoms in total. The van der Waals surface area contributed by atoms with Crippen LogP contribution in [0, 0.1) is 29.1 Å². The largest absolute Gasteiger partial charge is 0.489 e. The third-order valence-corrected chi connectivity index (χ3v) is 12.2. The van der Waals surface area contributed by atoms with E-state index in [1.165, 1.54) is 34.0 Å². The fourth-order valence-corrected chi connectivity index (χ4v) is 9.98. The van der Waals surface area contributed by atoms with Crippen molar-refractivity contribution < 1.29 is 4.74 Å². The van der Waals surface area contributed by atoms with E-state index in [1.54, 1.807) is 0 Å². The van der Waals surface area contributed by atoms with Crippen molar-refractivity contribution in [2.75, 3.05) is 0 Å². The second kappa shape index (κ2) is 11.2. The molecule has 8 rings (SSSR count). The van der Waals surface area contributed by atoms with E-state index >= 15 is 0 Å². The Kier molecular flexibility index (Phi) is 7.17. The van der Waals surface area contributed by atoms with Crippen LogP contribution < -0.4 is 0 Å². The summed E-state index contributed by atoms with van der Waals surface area (Å²) in [4.78, 5) is 12.0. The lowest BCUT2D eigenvalue weighted by molar-refractivity contribution is 0.0738. The van der Waals surface area contributed by atoms with E-state index in [0.717, 1.165) is 30.7 Å². The number of nitrogens with zero attached hydrogens (tertiary/aromatic N) is 2. The molecule has 4 aliphatic carbocycles. The average Bonchev–Trinajstić information content (AvgIpc) is 3.62. The summed E-state index contributed by atoms with van der Waals surface area (Å²) in [6.45, 7) is 7.18. The molecule has 0 bridgehead atoms. The molecule has 44 heavy (non-hydrogen) atoms. The minimum atomic E-state index is 0.0208. The summed E-state index contributed by atoms with van der Waals surface area (Å²) in [7, 11) is 0. The highest BCUT2D eigenvalue weighted by atomic mass is 32.2. The number of benzene rings is 1. The number of allylic oxidation sites excluding steroid dienone is 10. The predicted molar refractivity (Wildman–Crippen MR) is 181 cm³/mol. The van der Waals surface area contributed by atoms with Gasteiger partial charge >= 0.3 is 0 Å². The molecule has 0 spiro atoms. The molecule has 0 radical (unpaired) electrons. The maximum absolute atomic E-state index is 6.83. The Balaban J connectivity index is 1.16. The smallest absolute Gasteiger partial charge is 0.159 e. The highest BCUT2D eigenvalue weighted by Gasteiger charge is 2.49. The van der Waals surface area contributed by atoms with Crippen molar-refractivity contribution in [3.8, 4) is 11.4 Å². The molecule has 8 unspecified atom stereocenters. The third-order valence-electron chi connectivity index (χ3n) is 10.8. The van der Waals surface area contributed by atoms with E-state index in [1.807, 2.05) is 11.8 Å². The van der Waals surface area contributed by atoms with Crippen molar-refractivity contribution >= 4 is 11.8 Å². The zero-order valence-electron chi connectivity index (χ0n) is 26.0. The van der Waals surface area contributed by atoms with Gasteiger partial charge in [0.25, 0.3) is 0 Å². The Bertz CT molecular complexity index is 1660. The Hall–Kier alpha value is -3.37. The van der Waals surface area contributed by atoms with E-state index in [-0.39, 0.29) is 11.5 Å². The van der Waals surface area contributed by atoms with Gasteiger partial charge in [-0.1, -0.05) is 118 Å². The van der Waals surface area contributed by atoms with Gasteiger partial charge < -0.3 is 4.74 Å². The summed E-state index contributed by atoms with van der Waals surface area (Å²) < 4.78 is 6.83. The lowest BCUT2D eigenvalue weighted by atomic mass is 9.61. The molecule has 0 N–H and O–H groups in total. The molecule has 0 amide bonds. The van der Waals surface area contributed by atoms with Gasteiger partial charge in [-0.3, -0.25) is 0 Å². The first kappa shape index (κ1) is 28.1. The van der Waals surface area contributed by atoms with Crippen molar-refractivity contribution in [3.05, 3.63) is 126 Å². The lowest BCUT2D eigenvalue weighted by Crippen LogP contribution is -2.37. The van der Waals surface area contributed by atoms with Gasteiger partial charge in [0.1, 0.15) is 11.9 Å². The maximum Gasteiger partial charge on any atom is 0.159 e. The summed E-state index contributed by atoms with van der Waals surface area (Å²) in [5, 5.41) is 0.406. The zero-order valence-corrected chi connectivity index (χ0v) is 26.8. The second-order valence-corrected chi connectivity index (χ2v) is 15.1. The number of hydrogen-bond acceptors (Lipinski definition) is 4. The van der Waals surface area contributed by atoms with Gasteiger partial charge in [-0.2, -0.15) is 0 Å². The highest BCUT2D eigenvalue weighted by molar-refractivity contribution is 8.00. The van der Waals surface area contributed by atoms with Gasteiger partial charge in [0.15, 0.2) is 5.82 Å². The second-order valence-electron chi connectivity index (χ2n) is 13.9. The lowest BCUT2D eigenvalue weighted by Gasteiger charge is -2.44. The van der Waals surface area contributed by atoms with Gasteiger partial charge in [-0.05, 0) is 49.0 Å². The Morgan fingerprint density at radius 1 is 0.955 bits per heavy atom. The minimum Gasteiger partial charge on any atom is -0.489 e. The SMILES string of the molecule is CCC(CC1CCC=CC1C1C2=C(C=CC1(C)C)C1C=CC=CC1O2)c1nc(-c2ccccc2)nc2c1SC1C=CC=CC21. The molecule has 1 aromatic heterocycles. The molecule has 6 aliphatic rings. The molecule has 2 aliphatic heterocycles. The van der Waals surface area contributed by atoms with Crippen LogP contribution in [0.15, 0.2) is 119 Å². The van der Waals surface area contributed by atoms with Crippen LogP contribution in [0.5, 0.6) is 0 Å². The van der Waals surface area contributed by atoms with Crippen molar-refractivity contribution in [2.45, 2.75) is 74.5 Å². The molecule has 3 heterocycles. The first-order chi connectivity index (χ1) is 21.5. The first-order valence-electron chi connectivity index (χ1n) is 16.6. The first-order valence-corrected chi connectivity index (χ1v) is 17.5. The quantitative estimate of drug-likeness (QED) is 0.310. The van der Waals surface area contributed by atoms with Crippen LogP contribution in [0.1, 0.15) is 69.7 Å². The van der Waals surface area contributed by atoms with Gasteiger partial charge in [0.2, 0.25) is 0 Å². The van der Waals surface area contributed by atoms with Crippen LogP contribution in [0.4, 0.5) is 0 Å². The third kappa shape index (κ3) is 4.72. The zero-order chi connectivity index (χ0) is 29.8. The number of rotatable bonds is 6. The molecular weight excluding hydrogens is 557 g/mol. The van der Waals surface area contributed by atoms with Crippen molar-refractivity contribution in [3.63, 3.8) is 0 Å². The number of ether oxygens (including phenoxy) is 1. The summed E-state index contributed by atoms with van der Waals surface area (Å²) in [5.74, 6) is 4.47. The molecule has 4 heteroatoms. The van der Waals surface area contributed by atoms with Crippen molar-refractivity contribution in [1.29, 1.82) is 0 Å².